The minimum atomic E-state index is -4.63. The summed E-state index contributed by atoms with van der Waals surface area (Å²) in [5.74, 6) is -1.17. The summed E-state index contributed by atoms with van der Waals surface area (Å²) in [5.41, 5.74) is -0.139. The maximum absolute atomic E-state index is 14.5. The normalized spacial score (nSPS) is 16.2. The number of halogens is 5. The maximum atomic E-state index is 14.5. The average Bonchev–Trinajstić information content (AvgIpc) is 3.30. The fourth-order valence-corrected chi connectivity index (χ4v) is 4.69. The molecule has 1 saturated heterocycles. The minimum Gasteiger partial charge on any atom is -0.367 e. The highest BCUT2D eigenvalue weighted by molar-refractivity contribution is 6.31. The number of anilines is 1. The number of H-pyrrole nitrogens is 1. The molecule has 0 aliphatic carbocycles. The number of rotatable bonds is 5. The van der Waals surface area contributed by atoms with Crippen molar-refractivity contribution in [2.45, 2.75) is 19.0 Å². The van der Waals surface area contributed by atoms with Crippen LogP contribution in [0.1, 0.15) is 28.8 Å². The van der Waals surface area contributed by atoms with Crippen molar-refractivity contribution in [3.8, 4) is 11.4 Å². The Morgan fingerprint density at radius 1 is 1.22 bits per heavy atom. The average molecular weight is 533 g/mol. The van der Waals surface area contributed by atoms with Crippen LogP contribution in [0.4, 0.5) is 23.4 Å². The third-order valence-electron chi connectivity index (χ3n) is 6.31. The summed E-state index contributed by atoms with van der Waals surface area (Å²) in [6.07, 6.45) is 0.942. The molecule has 1 amide bonds. The Balaban J connectivity index is 1.30. The molecule has 4 heterocycles. The van der Waals surface area contributed by atoms with Crippen LogP contribution >= 0.6 is 11.6 Å². The number of piperidine rings is 1. The molecule has 12 heteroatoms. The Morgan fingerprint density at radius 3 is 2.84 bits per heavy atom. The third kappa shape index (κ3) is 5.22. The second kappa shape index (κ2) is 9.97. The van der Waals surface area contributed by atoms with Crippen molar-refractivity contribution in [3.63, 3.8) is 0 Å². The molecule has 192 valence electrons. The number of carbonyl (C=O) groups is 1. The van der Waals surface area contributed by atoms with Crippen LogP contribution < -0.4 is 5.32 Å². The van der Waals surface area contributed by atoms with Gasteiger partial charge in [-0.25, -0.2) is 19.3 Å². The number of nitrogens with one attached hydrogen (secondary N) is 2. The Bertz CT molecular complexity index is 1460. The van der Waals surface area contributed by atoms with E-state index >= 15 is 0 Å². The lowest BCUT2D eigenvalue weighted by molar-refractivity contribution is -0.138. The van der Waals surface area contributed by atoms with Crippen LogP contribution in [-0.2, 0) is 6.18 Å². The number of aromatic amines is 1. The SMILES string of the molecule is O=C(c1ccccc1C(F)(F)F)N1CCC[C@@H](CNc2nc(-c3c[nH]c4ncc(Cl)cc34)ncc2F)C1. The topological polar surface area (TPSA) is 86.8 Å². The van der Waals surface area contributed by atoms with E-state index in [4.69, 9.17) is 11.6 Å². The molecular formula is C25H21ClF4N6O. The summed E-state index contributed by atoms with van der Waals surface area (Å²) >= 11 is 6.06. The first kappa shape index (κ1) is 24.9. The smallest absolute Gasteiger partial charge is 0.367 e. The first-order valence-corrected chi connectivity index (χ1v) is 11.9. The lowest BCUT2D eigenvalue weighted by Gasteiger charge is -2.33. The molecule has 7 nitrogen and oxygen atoms in total. The summed E-state index contributed by atoms with van der Waals surface area (Å²) in [6, 6.07) is 6.48. The molecule has 5 rings (SSSR count). The third-order valence-corrected chi connectivity index (χ3v) is 6.52. The summed E-state index contributed by atoms with van der Waals surface area (Å²) < 4.78 is 54.7. The van der Waals surface area contributed by atoms with E-state index in [1.165, 1.54) is 29.3 Å². The zero-order valence-corrected chi connectivity index (χ0v) is 20.1. The number of fused-ring (bicyclic) bond motifs is 1. The van der Waals surface area contributed by atoms with Crippen LogP contribution in [-0.4, -0.2) is 50.4 Å². The first-order valence-electron chi connectivity index (χ1n) is 11.6. The van der Waals surface area contributed by atoms with Gasteiger partial charge >= 0.3 is 6.18 Å². The van der Waals surface area contributed by atoms with E-state index < -0.39 is 23.5 Å². The van der Waals surface area contributed by atoms with Crippen molar-refractivity contribution in [1.82, 2.24) is 24.8 Å². The molecule has 1 aromatic carbocycles. The van der Waals surface area contributed by atoms with E-state index in [9.17, 15) is 22.4 Å². The molecule has 0 radical (unpaired) electrons. The van der Waals surface area contributed by atoms with Crippen molar-refractivity contribution >= 4 is 34.4 Å². The number of aromatic nitrogens is 4. The molecule has 0 spiro atoms. The largest absolute Gasteiger partial charge is 0.417 e. The fourth-order valence-electron chi connectivity index (χ4n) is 4.53. The predicted molar refractivity (Wildman–Crippen MR) is 131 cm³/mol. The molecule has 37 heavy (non-hydrogen) atoms. The van der Waals surface area contributed by atoms with Crippen LogP contribution in [0.15, 0.2) is 48.9 Å². The van der Waals surface area contributed by atoms with Gasteiger partial charge in [0.25, 0.3) is 5.91 Å². The summed E-state index contributed by atoms with van der Waals surface area (Å²) in [4.78, 5) is 30.0. The van der Waals surface area contributed by atoms with Gasteiger partial charge < -0.3 is 15.2 Å². The summed E-state index contributed by atoms with van der Waals surface area (Å²) in [7, 11) is 0. The molecule has 1 aliphatic rings. The number of pyridine rings is 1. The Labute approximate surface area is 213 Å². The quantitative estimate of drug-likeness (QED) is 0.317. The molecule has 3 aromatic heterocycles. The molecule has 4 aromatic rings. The van der Waals surface area contributed by atoms with E-state index in [0.717, 1.165) is 18.7 Å². The van der Waals surface area contributed by atoms with Crippen molar-refractivity contribution in [2.24, 2.45) is 5.92 Å². The van der Waals surface area contributed by atoms with Crippen LogP contribution in [0.5, 0.6) is 0 Å². The second-order valence-corrected chi connectivity index (χ2v) is 9.26. The first-order chi connectivity index (χ1) is 17.7. The van der Waals surface area contributed by atoms with Crippen molar-refractivity contribution < 1.29 is 22.4 Å². The Hall–Kier alpha value is -3.73. The zero-order valence-electron chi connectivity index (χ0n) is 19.3. The van der Waals surface area contributed by atoms with E-state index in [2.05, 4.69) is 25.3 Å². The molecular weight excluding hydrogens is 512 g/mol. The zero-order chi connectivity index (χ0) is 26.2. The summed E-state index contributed by atoms with van der Waals surface area (Å²) in [5, 5.41) is 4.10. The van der Waals surface area contributed by atoms with Gasteiger partial charge in [0.2, 0.25) is 0 Å². The Kier molecular flexibility index (Phi) is 6.72. The highest BCUT2D eigenvalue weighted by Crippen LogP contribution is 2.33. The van der Waals surface area contributed by atoms with Gasteiger partial charge in [-0.15, -0.1) is 0 Å². The van der Waals surface area contributed by atoms with E-state index in [0.29, 0.717) is 34.6 Å². The highest BCUT2D eigenvalue weighted by Gasteiger charge is 2.36. The number of nitrogens with zero attached hydrogens (tertiary/aromatic N) is 4. The summed E-state index contributed by atoms with van der Waals surface area (Å²) in [6.45, 7) is 0.869. The molecule has 0 saturated carbocycles. The minimum absolute atomic E-state index is 0.0137. The monoisotopic (exact) mass is 532 g/mol. The van der Waals surface area contributed by atoms with Crippen LogP contribution in [0.3, 0.4) is 0 Å². The fraction of sp³-hybridized carbons (Fsp3) is 0.280. The number of hydrogen-bond acceptors (Lipinski definition) is 5. The lowest BCUT2D eigenvalue weighted by atomic mass is 9.96. The standard InChI is InChI=1S/C25H21ClF4N6O/c26-15-8-17-18(11-33-21(17)32-10-15)22-34-12-20(27)23(35-22)31-9-14-4-3-7-36(13-14)24(37)16-5-1-2-6-19(16)25(28,29)30/h1-2,5-6,8,10-12,14H,3-4,7,9,13H2,(H,32,33)(H,31,34,35)/t14-/m0/s1. The van der Waals surface area contributed by atoms with E-state index in [1.807, 2.05) is 0 Å². The van der Waals surface area contributed by atoms with Crippen LogP contribution in [0, 0.1) is 11.7 Å². The number of benzene rings is 1. The predicted octanol–water partition coefficient (Wildman–Crippen LogP) is 5.80. The van der Waals surface area contributed by atoms with Gasteiger partial charge in [-0.05, 0) is 37.0 Å². The molecule has 0 bridgehead atoms. The van der Waals surface area contributed by atoms with Gasteiger partial charge in [0.15, 0.2) is 17.5 Å². The van der Waals surface area contributed by atoms with Gasteiger partial charge in [-0.3, -0.25) is 4.79 Å². The van der Waals surface area contributed by atoms with Crippen molar-refractivity contribution in [2.75, 3.05) is 25.0 Å². The second-order valence-electron chi connectivity index (χ2n) is 8.83. The van der Waals surface area contributed by atoms with Gasteiger partial charge in [0.1, 0.15) is 5.65 Å². The van der Waals surface area contributed by atoms with Crippen molar-refractivity contribution in [3.05, 3.63) is 70.9 Å². The van der Waals surface area contributed by atoms with Gasteiger partial charge in [-0.2, -0.15) is 13.2 Å². The van der Waals surface area contributed by atoms with Crippen molar-refractivity contribution in [1.29, 1.82) is 0 Å². The van der Waals surface area contributed by atoms with Crippen LogP contribution in [0.25, 0.3) is 22.4 Å². The van der Waals surface area contributed by atoms with E-state index in [1.54, 1.807) is 12.3 Å². The number of likely N-dealkylation sites (tertiary alicyclic amines) is 1. The van der Waals surface area contributed by atoms with Crippen LogP contribution in [0.2, 0.25) is 5.02 Å². The number of carbonyl (C=O) groups excluding carboxylic acids is 1. The highest BCUT2D eigenvalue weighted by atomic mass is 35.5. The molecule has 1 atom stereocenters. The molecule has 1 aliphatic heterocycles. The number of hydrogen-bond donors (Lipinski definition) is 2. The maximum Gasteiger partial charge on any atom is 0.417 e. The molecule has 1 fully saturated rings. The lowest BCUT2D eigenvalue weighted by Crippen LogP contribution is -2.42. The van der Waals surface area contributed by atoms with Gasteiger partial charge in [0.05, 0.1) is 22.3 Å². The number of alkyl halides is 3. The van der Waals surface area contributed by atoms with Gasteiger partial charge in [-0.1, -0.05) is 23.7 Å². The molecule has 2 N–H and O–H groups in total. The van der Waals surface area contributed by atoms with Gasteiger partial charge in [0, 0.05) is 43.0 Å². The number of amides is 1. The Morgan fingerprint density at radius 2 is 2.03 bits per heavy atom. The molecule has 0 unspecified atom stereocenters. The van der Waals surface area contributed by atoms with E-state index in [-0.39, 0.29) is 36.2 Å².